The van der Waals surface area contributed by atoms with E-state index in [-0.39, 0.29) is 60.2 Å². The number of rotatable bonds is 3. The molecule has 6 rings (SSSR count). The maximum atomic E-state index is 4.84. The van der Waals surface area contributed by atoms with E-state index in [0.717, 1.165) is 23.1 Å². The third-order valence-corrected chi connectivity index (χ3v) is 6.11. The van der Waals surface area contributed by atoms with Crippen LogP contribution < -0.4 is 0 Å². The van der Waals surface area contributed by atoms with Gasteiger partial charge in [-0.3, -0.25) is 4.98 Å². The fourth-order valence-corrected chi connectivity index (χ4v) is 4.60. The second kappa shape index (κ2) is 11.1. The number of fused-ring (bicyclic) bond motifs is 6. The van der Waals surface area contributed by atoms with Gasteiger partial charge < -0.3 is 11.8 Å². The van der Waals surface area contributed by atoms with E-state index < -0.39 is 0 Å². The molecule has 0 N–H and O–H groups in total. The molecule has 0 atom stereocenters. The number of aromatic nitrogens is 2. The summed E-state index contributed by atoms with van der Waals surface area (Å²) in [5, 5.41) is 3.49. The van der Waals surface area contributed by atoms with Crippen LogP contribution in [0.2, 0.25) is 0 Å². The number of imidazole rings is 1. The van der Waals surface area contributed by atoms with Gasteiger partial charge in [-0.25, -0.2) is 0 Å². The number of hydrogen-bond acceptors (Lipinski definition) is 1. The molecule has 6 aromatic rings. The second-order valence-corrected chi connectivity index (χ2v) is 8.09. The zero-order valence-electron chi connectivity index (χ0n) is 19.2. The van der Waals surface area contributed by atoms with Crippen LogP contribution >= 0.6 is 0 Å². The third-order valence-electron chi connectivity index (χ3n) is 6.11. The molecule has 2 radical (unpaired) electrons. The van der Waals surface area contributed by atoms with Gasteiger partial charge in [-0.15, -0.1) is 29.7 Å². The molecule has 0 aliphatic rings. The summed E-state index contributed by atoms with van der Waals surface area (Å²) < 4.78 is 2.29. The van der Waals surface area contributed by atoms with Crippen LogP contribution in [0.15, 0.2) is 97.2 Å². The van der Waals surface area contributed by atoms with E-state index in [4.69, 9.17) is 4.98 Å². The van der Waals surface area contributed by atoms with Gasteiger partial charge in [-0.2, -0.15) is 0 Å². The van der Waals surface area contributed by atoms with E-state index in [1.165, 1.54) is 38.5 Å². The molecule has 4 heteroatoms. The zero-order chi connectivity index (χ0) is 20.8. The Balaban J connectivity index is 0.00000108. The van der Waals surface area contributed by atoms with Crippen molar-refractivity contribution in [2.75, 3.05) is 0 Å². The molecule has 0 amide bonds. The molecule has 0 aliphatic heterocycles. The molecule has 168 valence electrons. The topological polar surface area (TPSA) is 17.3 Å². The summed E-state index contributed by atoms with van der Waals surface area (Å²) in [5.74, 6) is 0. The Morgan fingerprint density at radius 1 is 0.824 bits per heavy atom. The summed E-state index contributed by atoms with van der Waals surface area (Å²) in [6, 6.07) is 35.6. The number of aryl methyl sites for hydroxylation is 1. The molecule has 4 aromatic carbocycles. The third kappa shape index (κ3) is 4.55. The van der Waals surface area contributed by atoms with E-state index in [1.54, 1.807) is 0 Å². The van der Waals surface area contributed by atoms with Gasteiger partial charge in [-0.05, 0) is 41.5 Å². The summed E-state index contributed by atoms with van der Waals surface area (Å²) in [6.07, 6.45) is 2.91. The quantitative estimate of drug-likeness (QED) is 0.139. The minimum atomic E-state index is 0. The van der Waals surface area contributed by atoms with Crippen molar-refractivity contribution in [2.24, 2.45) is 0 Å². The van der Waals surface area contributed by atoms with Gasteiger partial charge >= 0.3 is 0 Å². The van der Waals surface area contributed by atoms with Gasteiger partial charge in [-0.1, -0.05) is 72.1 Å². The first-order valence-corrected chi connectivity index (χ1v) is 10.6. The molecule has 0 aliphatic carbocycles. The average Bonchev–Trinajstić information content (AvgIpc) is 3.25. The van der Waals surface area contributed by atoms with E-state index in [2.05, 4.69) is 102 Å². The standard InChI is InChI=1S/C29H21N2.CH3.Ir.Y/c1-20-9-5-6-12-23(20)28-19-30-29-25-14-8-7-13-24(25)26-18-22(15-16-27(26)31(28)29)17-21-10-3-2-4-11-21;;;/h2-13,15-16,18-19H,17H2,1H3;1H3;;/q2*-1;;. The molecule has 2 aromatic heterocycles. The molecule has 0 spiro atoms. The van der Waals surface area contributed by atoms with Crippen LogP contribution in [0.4, 0.5) is 0 Å². The first kappa shape index (κ1) is 26.4. The molecular weight excluding hydrogens is 669 g/mol. The van der Waals surface area contributed by atoms with E-state index >= 15 is 0 Å². The monoisotopic (exact) mass is 694 g/mol. The van der Waals surface area contributed by atoms with Crippen molar-refractivity contribution >= 4 is 27.3 Å². The average molecular weight is 694 g/mol. The van der Waals surface area contributed by atoms with Gasteiger partial charge in [0.15, 0.2) is 0 Å². The summed E-state index contributed by atoms with van der Waals surface area (Å²) in [4.78, 5) is 4.84. The fraction of sp³-hybridized carbons (Fsp3) is 0.0667. The summed E-state index contributed by atoms with van der Waals surface area (Å²) in [7, 11) is 0. The SMILES string of the molecule is Cc1ccccc1-c1cnc2c3[c-]cccc3c3cc(Cc4ccccc4)ccc3n12.[CH3-].[Ir].[Y]. The van der Waals surface area contributed by atoms with E-state index in [1.807, 2.05) is 12.3 Å². The van der Waals surface area contributed by atoms with Gasteiger partial charge in [0, 0.05) is 70.1 Å². The van der Waals surface area contributed by atoms with Crippen LogP contribution in [0.25, 0.3) is 38.6 Å². The molecular formula is C30H24IrN2Y-2. The van der Waals surface area contributed by atoms with Crippen LogP contribution in [0, 0.1) is 20.4 Å². The van der Waals surface area contributed by atoms with Crippen LogP contribution in [0.5, 0.6) is 0 Å². The molecule has 2 heterocycles. The Bertz CT molecular complexity index is 1570. The molecule has 2 nitrogen and oxygen atoms in total. The molecule has 0 saturated carbocycles. The maximum Gasteiger partial charge on any atom is 0.0636 e. The van der Waals surface area contributed by atoms with Crippen molar-refractivity contribution in [3.8, 4) is 11.3 Å². The van der Waals surface area contributed by atoms with Gasteiger partial charge in [0.2, 0.25) is 0 Å². The van der Waals surface area contributed by atoms with E-state index in [9.17, 15) is 0 Å². The zero-order valence-corrected chi connectivity index (χ0v) is 24.5. The first-order valence-electron chi connectivity index (χ1n) is 10.6. The number of pyridine rings is 1. The Hall–Kier alpha value is -2.16. The smallest absolute Gasteiger partial charge is 0.0636 e. The minimum Gasteiger partial charge on any atom is -0.358 e. The van der Waals surface area contributed by atoms with Crippen LogP contribution in [0.1, 0.15) is 16.7 Å². The predicted octanol–water partition coefficient (Wildman–Crippen LogP) is 7.45. The maximum absolute atomic E-state index is 4.84. The first-order chi connectivity index (χ1) is 15.3. The molecule has 0 fully saturated rings. The number of nitrogens with zero attached hydrogens (tertiary/aromatic N) is 2. The Morgan fingerprint density at radius 3 is 2.38 bits per heavy atom. The Kier molecular flexibility index (Phi) is 8.60. The summed E-state index contributed by atoms with van der Waals surface area (Å²) in [6.45, 7) is 2.15. The Labute approximate surface area is 239 Å². The number of benzene rings is 4. The van der Waals surface area contributed by atoms with Crippen LogP contribution in [0.3, 0.4) is 0 Å². The van der Waals surface area contributed by atoms with Crippen molar-refractivity contribution in [3.63, 3.8) is 0 Å². The van der Waals surface area contributed by atoms with Crippen LogP contribution in [-0.2, 0) is 59.2 Å². The summed E-state index contributed by atoms with van der Waals surface area (Å²) in [5.41, 5.74) is 8.33. The fourth-order valence-electron chi connectivity index (χ4n) is 4.60. The normalized spacial score (nSPS) is 10.5. The molecule has 34 heavy (non-hydrogen) atoms. The van der Waals surface area contributed by atoms with Gasteiger partial charge in [0.05, 0.1) is 11.3 Å². The van der Waals surface area contributed by atoms with Crippen molar-refractivity contribution in [1.29, 1.82) is 0 Å². The van der Waals surface area contributed by atoms with Crippen molar-refractivity contribution < 1.29 is 52.8 Å². The van der Waals surface area contributed by atoms with Crippen molar-refractivity contribution in [1.82, 2.24) is 9.38 Å². The van der Waals surface area contributed by atoms with Crippen LogP contribution in [-0.4, -0.2) is 9.38 Å². The van der Waals surface area contributed by atoms with Gasteiger partial charge in [0.25, 0.3) is 0 Å². The molecule has 0 unspecified atom stereocenters. The van der Waals surface area contributed by atoms with Crippen molar-refractivity contribution in [3.05, 3.63) is 127 Å². The molecule has 0 saturated heterocycles. The number of hydrogen-bond donors (Lipinski definition) is 0. The van der Waals surface area contributed by atoms with E-state index in [0.29, 0.717) is 0 Å². The minimum absolute atomic E-state index is 0. The Morgan fingerprint density at radius 2 is 1.59 bits per heavy atom. The second-order valence-electron chi connectivity index (χ2n) is 8.09. The molecule has 0 bridgehead atoms. The summed E-state index contributed by atoms with van der Waals surface area (Å²) >= 11 is 0. The largest absolute Gasteiger partial charge is 0.358 e. The predicted molar refractivity (Wildman–Crippen MR) is 135 cm³/mol. The van der Waals surface area contributed by atoms with Crippen molar-refractivity contribution in [2.45, 2.75) is 13.3 Å². The van der Waals surface area contributed by atoms with Gasteiger partial charge in [0.1, 0.15) is 0 Å².